The van der Waals surface area contributed by atoms with Gasteiger partial charge in [-0.25, -0.2) is 10.4 Å². The zero-order valence-electron chi connectivity index (χ0n) is 17.9. The fourth-order valence-electron chi connectivity index (χ4n) is 5.23. The maximum Gasteiger partial charge on any atom is 0.229 e. The predicted molar refractivity (Wildman–Crippen MR) is 116 cm³/mol. The summed E-state index contributed by atoms with van der Waals surface area (Å²) in [6.07, 6.45) is 0.512. The van der Waals surface area contributed by atoms with Crippen molar-refractivity contribution in [2.75, 3.05) is 72.6 Å². The maximum absolute atomic E-state index is 13.3. The van der Waals surface area contributed by atoms with Gasteiger partial charge in [0.15, 0.2) is 0 Å². The third-order valence-corrected chi connectivity index (χ3v) is 7.18. The molecular weight excluding hydrogens is 408 g/mol. The molecule has 0 bridgehead atoms. The quantitative estimate of drug-likeness (QED) is 0.281. The Morgan fingerprint density at radius 3 is 2.83 bits per heavy atom. The van der Waals surface area contributed by atoms with Gasteiger partial charge in [-0.15, -0.1) is 11.6 Å². The van der Waals surface area contributed by atoms with Crippen molar-refractivity contribution in [1.82, 2.24) is 36.2 Å². The van der Waals surface area contributed by atoms with E-state index in [0.29, 0.717) is 19.1 Å². The van der Waals surface area contributed by atoms with E-state index in [2.05, 4.69) is 31.2 Å². The molecule has 30 heavy (non-hydrogen) atoms. The highest BCUT2D eigenvalue weighted by Crippen LogP contribution is 2.23. The molecule has 4 rings (SSSR count). The molecule has 6 unspecified atom stereocenters. The molecule has 0 aliphatic carbocycles. The van der Waals surface area contributed by atoms with E-state index in [1.165, 1.54) is 0 Å². The number of amides is 1. The molecule has 172 valence electrons. The van der Waals surface area contributed by atoms with Gasteiger partial charge >= 0.3 is 0 Å². The Balaban J connectivity index is 1.34. The van der Waals surface area contributed by atoms with Crippen LogP contribution in [0.5, 0.6) is 0 Å². The van der Waals surface area contributed by atoms with E-state index < -0.39 is 6.17 Å². The zero-order valence-corrected chi connectivity index (χ0v) is 18.6. The number of hydrogen-bond donors (Lipinski definition) is 5. The van der Waals surface area contributed by atoms with Gasteiger partial charge in [0.2, 0.25) is 5.91 Å². The van der Waals surface area contributed by atoms with Crippen molar-refractivity contribution in [3.63, 3.8) is 0 Å². The fraction of sp³-hybridized carbons (Fsp3) is 0.947. The van der Waals surface area contributed by atoms with Gasteiger partial charge in [-0.2, -0.15) is 0 Å². The number of carbonyl (C=O) groups is 1. The number of hydrazine groups is 1. The van der Waals surface area contributed by atoms with Gasteiger partial charge in [0.1, 0.15) is 0 Å². The van der Waals surface area contributed by atoms with Crippen LogP contribution in [-0.2, 0) is 9.53 Å². The third kappa shape index (κ3) is 5.08. The number of nitrogens with one attached hydrogen (secondary N) is 4. The van der Waals surface area contributed by atoms with Gasteiger partial charge in [0, 0.05) is 65.5 Å². The summed E-state index contributed by atoms with van der Waals surface area (Å²) in [5.74, 6) is -0.330. The number of carbonyl (C=O) groups excluding carboxylic acids is 1. The Morgan fingerprint density at radius 1 is 1.27 bits per heavy atom. The number of nitrogens with zero attached hydrogens (tertiary/aromatic N) is 3. The molecule has 0 aromatic rings. The normalized spacial score (nSPS) is 39.0. The molecule has 10 nitrogen and oxygen atoms in total. The lowest BCUT2D eigenvalue weighted by atomic mass is 9.95. The van der Waals surface area contributed by atoms with Crippen molar-refractivity contribution < 1.29 is 9.53 Å². The van der Waals surface area contributed by atoms with E-state index >= 15 is 0 Å². The number of alkyl halides is 1. The highest BCUT2D eigenvalue weighted by Gasteiger charge is 2.47. The maximum atomic E-state index is 13.3. The standard InChI is InChI=1S/C19H37ClN8O2/c1-30-9-8-26-4-6-27(7-5-26)15-2-3-22-11-14(15)24-19(29)16-17(21)25-28-12-13(20)10-23-18(16)28/h13-18,22-23,25H,2-12,21H2,1H3,(H,24,29). The molecule has 6 atom stereocenters. The van der Waals surface area contributed by atoms with Gasteiger partial charge < -0.3 is 21.1 Å². The van der Waals surface area contributed by atoms with Crippen LogP contribution in [0, 0.1) is 5.92 Å². The molecule has 4 heterocycles. The lowest BCUT2D eigenvalue weighted by Crippen LogP contribution is -2.64. The van der Waals surface area contributed by atoms with Crippen molar-refractivity contribution in [1.29, 1.82) is 0 Å². The predicted octanol–water partition coefficient (Wildman–Crippen LogP) is -2.64. The van der Waals surface area contributed by atoms with E-state index in [-0.39, 0.29) is 29.4 Å². The second kappa shape index (κ2) is 10.4. The molecule has 4 aliphatic heterocycles. The summed E-state index contributed by atoms with van der Waals surface area (Å²) in [5, 5.41) is 12.1. The summed E-state index contributed by atoms with van der Waals surface area (Å²) >= 11 is 6.25. The van der Waals surface area contributed by atoms with Crippen molar-refractivity contribution in [2.24, 2.45) is 11.7 Å². The van der Waals surface area contributed by atoms with Crippen molar-refractivity contribution >= 4 is 17.5 Å². The smallest absolute Gasteiger partial charge is 0.229 e. The number of ether oxygens (including phenoxy) is 1. The number of piperazine rings is 1. The molecule has 0 spiro atoms. The fourth-order valence-corrected chi connectivity index (χ4v) is 5.46. The van der Waals surface area contributed by atoms with Crippen LogP contribution in [0.4, 0.5) is 0 Å². The average molecular weight is 445 g/mol. The Morgan fingerprint density at radius 2 is 2.07 bits per heavy atom. The molecule has 1 amide bonds. The van der Waals surface area contributed by atoms with Crippen LogP contribution in [0.1, 0.15) is 6.42 Å². The van der Waals surface area contributed by atoms with Crippen LogP contribution in [-0.4, -0.2) is 123 Å². The minimum atomic E-state index is -0.413. The molecule has 6 N–H and O–H groups in total. The van der Waals surface area contributed by atoms with E-state index in [9.17, 15) is 4.79 Å². The van der Waals surface area contributed by atoms with Crippen molar-refractivity contribution in [2.45, 2.75) is 36.2 Å². The second-order valence-electron chi connectivity index (χ2n) is 8.83. The zero-order chi connectivity index (χ0) is 21.1. The number of methoxy groups -OCH3 is 1. The van der Waals surface area contributed by atoms with E-state index in [0.717, 1.165) is 58.8 Å². The molecular formula is C19H37ClN8O2. The van der Waals surface area contributed by atoms with Crippen LogP contribution in [0.2, 0.25) is 0 Å². The van der Waals surface area contributed by atoms with Gasteiger partial charge in [0.05, 0.1) is 36.3 Å². The van der Waals surface area contributed by atoms with Crippen LogP contribution < -0.4 is 27.1 Å². The number of nitrogens with two attached hydrogens (primary N) is 1. The molecule has 0 radical (unpaired) electrons. The molecule has 0 saturated carbocycles. The van der Waals surface area contributed by atoms with Gasteiger partial charge in [-0.1, -0.05) is 0 Å². The molecule has 4 saturated heterocycles. The van der Waals surface area contributed by atoms with Crippen LogP contribution >= 0.6 is 11.6 Å². The molecule has 0 aromatic heterocycles. The topological polar surface area (TPSA) is 110 Å². The number of halogens is 1. The minimum absolute atomic E-state index is 0.0113. The summed E-state index contributed by atoms with van der Waals surface area (Å²) in [6.45, 7) is 9.05. The van der Waals surface area contributed by atoms with E-state index in [1.54, 1.807) is 7.11 Å². The van der Waals surface area contributed by atoms with Crippen molar-refractivity contribution in [3.05, 3.63) is 0 Å². The summed E-state index contributed by atoms with van der Waals surface area (Å²) in [5.41, 5.74) is 9.50. The lowest BCUT2D eigenvalue weighted by molar-refractivity contribution is -0.128. The van der Waals surface area contributed by atoms with E-state index in [1.807, 2.05) is 5.01 Å². The highest BCUT2D eigenvalue weighted by atomic mass is 35.5. The first-order valence-corrected chi connectivity index (χ1v) is 11.6. The lowest BCUT2D eigenvalue weighted by Gasteiger charge is -2.45. The Kier molecular flexibility index (Phi) is 7.82. The minimum Gasteiger partial charge on any atom is -0.383 e. The van der Waals surface area contributed by atoms with Crippen LogP contribution in [0.3, 0.4) is 0 Å². The van der Waals surface area contributed by atoms with Gasteiger partial charge in [-0.05, 0) is 13.0 Å². The van der Waals surface area contributed by atoms with Gasteiger partial charge in [-0.3, -0.25) is 19.9 Å². The first-order valence-electron chi connectivity index (χ1n) is 11.2. The third-order valence-electron chi connectivity index (χ3n) is 6.88. The van der Waals surface area contributed by atoms with E-state index in [4.69, 9.17) is 22.1 Å². The monoisotopic (exact) mass is 444 g/mol. The van der Waals surface area contributed by atoms with Crippen LogP contribution in [0.15, 0.2) is 0 Å². The van der Waals surface area contributed by atoms with Crippen molar-refractivity contribution in [3.8, 4) is 0 Å². The number of hydrogen-bond acceptors (Lipinski definition) is 9. The average Bonchev–Trinajstić information content (AvgIpc) is 3.08. The molecule has 0 aromatic carbocycles. The highest BCUT2D eigenvalue weighted by molar-refractivity contribution is 6.21. The first kappa shape index (κ1) is 22.6. The second-order valence-corrected chi connectivity index (χ2v) is 9.45. The molecule has 11 heteroatoms. The Labute approximate surface area is 184 Å². The van der Waals surface area contributed by atoms with Gasteiger partial charge in [0.25, 0.3) is 0 Å². The van der Waals surface area contributed by atoms with Crippen LogP contribution in [0.25, 0.3) is 0 Å². The summed E-state index contributed by atoms with van der Waals surface area (Å²) in [6, 6.07) is 0.440. The summed E-state index contributed by atoms with van der Waals surface area (Å²) < 4.78 is 5.21. The number of fused-ring (bicyclic) bond motifs is 1. The first-order chi connectivity index (χ1) is 14.6. The molecule has 4 aliphatic rings. The number of piperidine rings is 1. The molecule has 4 fully saturated rings. The largest absolute Gasteiger partial charge is 0.383 e. The summed E-state index contributed by atoms with van der Waals surface area (Å²) in [7, 11) is 1.75. The summed E-state index contributed by atoms with van der Waals surface area (Å²) in [4.78, 5) is 18.3. The Hall–Kier alpha value is -0.560. The number of rotatable bonds is 6. The SMILES string of the molecule is COCCN1CCN(C2CCNCC2NC(=O)C2C(N)NN3CC(Cl)CNC23)CC1. The Bertz CT molecular complexity index is 579.